The van der Waals surface area contributed by atoms with Crippen molar-refractivity contribution in [2.75, 3.05) is 18.5 Å². The van der Waals surface area contributed by atoms with Gasteiger partial charge in [-0.3, -0.25) is 4.98 Å². The second-order valence-electron chi connectivity index (χ2n) is 4.55. The third kappa shape index (κ3) is 2.74. The normalized spacial score (nSPS) is 16.5. The molecule has 92 valence electrons. The van der Waals surface area contributed by atoms with Crippen molar-refractivity contribution >= 4 is 11.7 Å². The molecule has 0 amide bonds. The lowest BCUT2D eigenvalue weighted by Gasteiger charge is -2.16. The summed E-state index contributed by atoms with van der Waals surface area (Å²) >= 11 is 0. The molecule has 0 unspecified atom stereocenters. The van der Waals surface area contributed by atoms with Crippen molar-refractivity contribution < 1.29 is 15.0 Å². The number of aromatic nitrogens is 1. The van der Waals surface area contributed by atoms with Gasteiger partial charge in [0.2, 0.25) is 0 Å². The maximum Gasteiger partial charge on any atom is 0.339 e. The summed E-state index contributed by atoms with van der Waals surface area (Å²) in [5, 5.41) is 21.1. The number of carbonyl (C=O) groups is 1. The Morgan fingerprint density at radius 2 is 2.29 bits per heavy atom. The minimum absolute atomic E-state index is 0.161. The highest BCUT2D eigenvalue weighted by molar-refractivity contribution is 5.93. The first kappa shape index (κ1) is 11.9. The average molecular weight is 236 g/mol. The third-order valence-corrected chi connectivity index (χ3v) is 3.30. The Hall–Kier alpha value is -1.62. The molecule has 17 heavy (non-hydrogen) atoms. The predicted molar refractivity (Wildman–Crippen MR) is 63.1 cm³/mol. The fourth-order valence-corrected chi connectivity index (χ4v) is 1.93. The number of anilines is 1. The van der Waals surface area contributed by atoms with Crippen LogP contribution >= 0.6 is 0 Å². The van der Waals surface area contributed by atoms with Crippen LogP contribution in [0.1, 0.15) is 29.6 Å². The highest BCUT2D eigenvalue weighted by atomic mass is 16.4. The van der Waals surface area contributed by atoms with Crippen LogP contribution < -0.4 is 5.32 Å². The fourth-order valence-electron chi connectivity index (χ4n) is 1.93. The van der Waals surface area contributed by atoms with Gasteiger partial charge in [-0.05, 0) is 30.7 Å². The van der Waals surface area contributed by atoms with Crippen molar-refractivity contribution in [1.82, 2.24) is 4.98 Å². The number of rotatable bonds is 6. The summed E-state index contributed by atoms with van der Waals surface area (Å²) in [6, 6.07) is 1.67. The van der Waals surface area contributed by atoms with E-state index < -0.39 is 5.97 Å². The molecule has 1 aromatic rings. The van der Waals surface area contributed by atoms with Gasteiger partial charge in [-0.25, -0.2) is 4.79 Å². The first-order valence-corrected chi connectivity index (χ1v) is 5.69. The molecular weight excluding hydrogens is 220 g/mol. The largest absolute Gasteiger partial charge is 0.478 e. The first-order chi connectivity index (χ1) is 8.17. The average Bonchev–Trinajstić information content (AvgIpc) is 3.08. The smallest absolute Gasteiger partial charge is 0.339 e. The van der Waals surface area contributed by atoms with Gasteiger partial charge in [0.1, 0.15) is 5.56 Å². The van der Waals surface area contributed by atoms with E-state index in [1.807, 2.05) is 0 Å². The van der Waals surface area contributed by atoms with Crippen molar-refractivity contribution in [3.63, 3.8) is 0 Å². The van der Waals surface area contributed by atoms with E-state index in [2.05, 4.69) is 10.3 Å². The fraction of sp³-hybridized carbons (Fsp3) is 0.500. The number of carboxylic acid groups (broad SMARTS) is 1. The Morgan fingerprint density at radius 1 is 1.53 bits per heavy atom. The van der Waals surface area contributed by atoms with Crippen molar-refractivity contribution in [2.24, 2.45) is 5.41 Å². The van der Waals surface area contributed by atoms with Crippen molar-refractivity contribution in [2.45, 2.75) is 19.3 Å². The van der Waals surface area contributed by atoms with Gasteiger partial charge in [0.15, 0.2) is 0 Å². The quantitative estimate of drug-likeness (QED) is 0.694. The summed E-state index contributed by atoms with van der Waals surface area (Å²) in [4.78, 5) is 14.8. The number of nitrogens with one attached hydrogen (secondary N) is 1. The lowest BCUT2D eigenvalue weighted by molar-refractivity contribution is 0.0697. The van der Waals surface area contributed by atoms with Gasteiger partial charge in [-0.1, -0.05) is 0 Å². The molecule has 2 rings (SSSR count). The van der Waals surface area contributed by atoms with Crippen LogP contribution in [0, 0.1) is 5.41 Å². The van der Waals surface area contributed by atoms with E-state index in [1.54, 1.807) is 12.3 Å². The number of hydrogen-bond acceptors (Lipinski definition) is 4. The van der Waals surface area contributed by atoms with Gasteiger partial charge >= 0.3 is 5.97 Å². The lowest BCUT2D eigenvalue weighted by Crippen LogP contribution is -2.18. The zero-order valence-electron chi connectivity index (χ0n) is 9.52. The van der Waals surface area contributed by atoms with Crippen LogP contribution in [0.4, 0.5) is 5.69 Å². The van der Waals surface area contributed by atoms with Crippen molar-refractivity contribution in [3.05, 3.63) is 24.0 Å². The van der Waals surface area contributed by atoms with Crippen LogP contribution in [0.25, 0.3) is 0 Å². The van der Waals surface area contributed by atoms with Gasteiger partial charge in [0.05, 0.1) is 5.69 Å². The summed E-state index contributed by atoms with van der Waals surface area (Å²) in [5.74, 6) is -0.979. The molecule has 0 atom stereocenters. The van der Waals surface area contributed by atoms with Gasteiger partial charge in [0.25, 0.3) is 0 Å². The summed E-state index contributed by atoms with van der Waals surface area (Å²) < 4.78 is 0. The molecule has 1 aromatic heterocycles. The summed E-state index contributed by atoms with van der Waals surface area (Å²) in [6.45, 7) is 0.891. The molecule has 0 spiro atoms. The molecule has 1 heterocycles. The van der Waals surface area contributed by atoms with Crippen molar-refractivity contribution in [1.29, 1.82) is 0 Å². The maximum atomic E-state index is 11.0. The summed E-state index contributed by atoms with van der Waals surface area (Å²) in [7, 11) is 0. The topological polar surface area (TPSA) is 82.5 Å². The molecule has 0 aromatic carbocycles. The van der Waals surface area contributed by atoms with E-state index in [4.69, 9.17) is 10.2 Å². The zero-order valence-corrected chi connectivity index (χ0v) is 9.52. The molecule has 5 heteroatoms. The molecule has 1 aliphatic rings. The number of carboxylic acids is 1. The first-order valence-electron chi connectivity index (χ1n) is 5.69. The molecule has 1 saturated carbocycles. The van der Waals surface area contributed by atoms with Crippen molar-refractivity contribution in [3.8, 4) is 0 Å². The Morgan fingerprint density at radius 3 is 2.88 bits per heavy atom. The van der Waals surface area contributed by atoms with E-state index in [0.29, 0.717) is 12.2 Å². The molecular formula is C12H16N2O3. The van der Waals surface area contributed by atoms with Crippen LogP contribution in [0.5, 0.6) is 0 Å². The molecule has 1 fully saturated rings. The SMILES string of the molecule is O=C(O)c1cnccc1NCC1(CCO)CC1. The van der Waals surface area contributed by atoms with E-state index in [0.717, 1.165) is 19.3 Å². The Kier molecular flexibility index (Phi) is 3.28. The number of hydrogen-bond donors (Lipinski definition) is 3. The highest BCUT2D eigenvalue weighted by Gasteiger charge is 2.41. The molecule has 0 aliphatic heterocycles. The molecule has 0 radical (unpaired) electrons. The number of aliphatic hydroxyl groups is 1. The molecule has 5 nitrogen and oxygen atoms in total. The Labute approximate surface area is 99.5 Å². The second kappa shape index (κ2) is 4.71. The standard InChI is InChI=1S/C12H16N2O3/c15-6-4-12(2-3-12)8-14-10-1-5-13-7-9(10)11(16)17/h1,5,7,15H,2-4,6,8H2,(H,13,14)(H,16,17). The molecule has 0 saturated heterocycles. The number of pyridine rings is 1. The monoisotopic (exact) mass is 236 g/mol. The predicted octanol–water partition coefficient (Wildman–Crippen LogP) is 1.35. The number of aromatic carboxylic acids is 1. The molecule has 0 bridgehead atoms. The summed E-state index contributed by atoms with van der Waals surface area (Å²) in [6.07, 6.45) is 5.87. The maximum absolute atomic E-state index is 11.0. The van der Waals surface area contributed by atoms with Gasteiger partial charge < -0.3 is 15.5 Å². The van der Waals surface area contributed by atoms with Gasteiger partial charge in [-0.15, -0.1) is 0 Å². The zero-order chi connectivity index (χ0) is 12.3. The third-order valence-electron chi connectivity index (χ3n) is 3.30. The van der Waals surface area contributed by atoms with Crippen LogP contribution in [0.3, 0.4) is 0 Å². The van der Waals surface area contributed by atoms with E-state index in [9.17, 15) is 4.79 Å². The number of aliphatic hydroxyl groups excluding tert-OH is 1. The minimum atomic E-state index is -0.979. The van der Waals surface area contributed by atoms with E-state index in [-0.39, 0.29) is 17.6 Å². The van der Waals surface area contributed by atoms with E-state index >= 15 is 0 Å². The summed E-state index contributed by atoms with van der Waals surface area (Å²) in [5.41, 5.74) is 0.942. The van der Waals surface area contributed by atoms with Crippen LogP contribution in [-0.2, 0) is 0 Å². The Bertz CT molecular complexity index is 416. The number of nitrogens with zero attached hydrogens (tertiary/aromatic N) is 1. The minimum Gasteiger partial charge on any atom is -0.478 e. The van der Waals surface area contributed by atoms with Crippen LogP contribution in [-0.4, -0.2) is 34.3 Å². The van der Waals surface area contributed by atoms with Gasteiger partial charge in [-0.2, -0.15) is 0 Å². The van der Waals surface area contributed by atoms with E-state index in [1.165, 1.54) is 6.20 Å². The molecule has 3 N–H and O–H groups in total. The second-order valence-corrected chi connectivity index (χ2v) is 4.55. The lowest BCUT2D eigenvalue weighted by atomic mass is 10.0. The Balaban J connectivity index is 2.02. The molecule has 1 aliphatic carbocycles. The van der Waals surface area contributed by atoms with Crippen LogP contribution in [0.2, 0.25) is 0 Å². The van der Waals surface area contributed by atoms with Gasteiger partial charge in [0, 0.05) is 25.5 Å². The van der Waals surface area contributed by atoms with Crippen LogP contribution in [0.15, 0.2) is 18.5 Å². The highest BCUT2D eigenvalue weighted by Crippen LogP contribution is 2.48.